The molecule has 0 aromatic heterocycles. The van der Waals surface area contributed by atoms with E-state index in [-0.39, 0.29) is 0 Å². The Morgan fingerprint density at radius 2 is 2.00 bits per heavy atom. The van der Waals surface area contributed by atoms with E-state index in [4.69, 9.17) is 4.84 Å². The molecule has 0 spiro atoms. The molecule has 0 rings (SSSR count). The highest BCUT2D eigenvalue weighted by Crippen LogP contribution is 1.89. The summed E-state index contributed by atoms with van der Waals surface area (Å²) in [6.45, 7) is 6.95. The van der Waals surface area contributed by atoms with Gasteiger partial charge in [0.25, 0.3) is 0 Å². The van der Waals surface area contributed by atoms with E-state index in [2.05, 4.69) is 24.2 Å². The van der Waals surface area contributed by atoms with Crippen molar-refractivity contribution in [3.63, 3.8) is 0 Å². The van der Waals surface area contributed by atoms with Gasteiger partial charge in [-0.3, -0.25) is 0 Å². The van der Waals surface area contributed by atoms with Crippen LogP contribution < -0.4 is 5.48 Å². The molecular weight excluding hydrogens is 140 g/mol. The Bertz CT molecular complexity index is 74.2. The Hall–Kier alpha value is -0.120. The number of hydrogen-bond donors (Lipinski definition) is 1. The van der Waals surface area contributed by atoms with Crippen molar-refractivity contribution in [2.45, 2.75) is 13.8 Å². The molecule has 0 fully saturated rings. The fourth-order valence-corrected chi connectivity index (χ4v) is 0.567. The summed E-state index contributed by atoms with van der Waals surface area (Å²) in [5, 5.41) is 0. The summed E-state index contributed by atoms with van der Waals surface area (Å²) in [6.07, 6.45) is 0. The molecule has 0 saturated heterocycles. The molecule has 0 aromatic carbocycles. The zero-order chi connectivity index (χ0) is 8.69. The molecule has 0 bridgehead atoms. The van der Waals surface area contributed by atoms with Gasteiger partial charge in [-0.25, -0.2) is 5.48 Å². The van der Waals surface area contributed by atoms with Crippen LogP contribution in [-0.2, 0) is 4.84 Å². The van der Waals surface area contributed by atoms with Crippen molar-refractivity contribution in [1.82, 2.24) is 10.4 Å². The van der Waals surface area contributed by atoms with E-state index >= 15 is 0 Å². The van der Waals surface area contributed by atoms with Crippen molar-refractivity contribution in [2.75, 3.05) is 33.8 Å². The molecule has 0 radical (unpaired) electrons. The van der Waals surface area contributed by atoms with Crippen LogP contribution in [0.1, 0.15) is 13.8 Å². The lowest BCUT2D eigenvalue weighted by Crippen LogP contribution is -2.27. The quantitative estimate of drug-likeness (QED) is 0.458. The summed E-state index contributed by atoms with van der Waals surface area (Å²) in [5.41, 5.74) is 2.91. The van der Waals surface area contributed by atoms with Gasteiger partial charge in [-0.2, -0.15) is 0 Å². The van der Waals surface area contributed by atoms with E-state index in [1.165, 1.54) is 0 Å². The highest BCUT2D eigenvalue weighted by atomic mass is 16.6. The Morgan fingerprint density at radius 3 is 2.45 bits per heavy atom. The maximum atomic E-state index is 5.17. The lowest BCUT2D eigenvalue weighted by atomic mass is 10.2. The third-order valence-corrected chi connectivity index (χ3v) is 1.18. The minimum Gasteiger partial charge on any atom is -0.308 e. The van der Waals surface area contributed by atoms with Crippen molar-refractivity contribution < 1.29 is 4.84 Å². The van der Waals surface area contributed by atoms with Crippen molar-refractivity contribution in [3.05, 3.63) is 0 Å². The fourth-order valence-electron chi connectivity index (χ4n) is 0.567. The SMILES string of the molecule is CC(C)CONCCN(C)C. The van der Waals surface area contributed by atoms with Gasteiger partial charge in [0.2, 0.25) is 0 Å². The van der Waals surface area contributed by atoms with Crippen LogP contribution >= 0.6 is 0 Å². The van der Waals surface area contributed by atoms with Gasteiger partial charge in [-0.15, -0.1) is 0 Å². The normalized spacial score (nSPS) is 11.5. The van der Waals surface area contributed by atoms with Gasteiger partial charge < -0.3 is 9.74 Å². The monoisotopic (exact) mass is 160 g/mol. The van der Waals surface area contributed by atoms with Gasteiger partial charge in [0, 0.05) is 13.1 Å². The zero-order valence-electron chi connectivity index (χ0n) is 8.05. The molecule has 0 atom stereocenters. The second-order valence-electron chi connectivity index (χ2n) is 3.40. The lowest BCUT2D eigenvalue weighted by Gasteiger charge is -2.11. The average Bonchev–Trinajstić information content (AvgIpc) is 1.85. The maximum absolute atomic E-state index is 5.17. The molecule has 0 aromatic rings. The highest BCUT2D eigenvalue weighted by Gasteiger charge is 1.93. The zero-order valence-corrected chi connectivity index (χ0v) is 8.05. The number of hydrogen-bond acceptors (Lipinski definition) is 3. The summed E-state index contributed by atoms with van der Waals surface area (Å²) in [7, 11) is 4.09. The molecule has 0 aliphatic rings. The van der Waals surface area contributed by atoms with Crippen LogP contribution in [0, 0.1) is 5.92 Å². The van der Waals surface area contributed by atoms with Crippen LogP contribution in [0.3, 0.4) is 0 Å². The third kappa shape index (κ3) is 9.88. The lowest BCUT2D eigenvalue weighted by molar-refractivity contribution is 0.0213. The van der Waals surface area contributed by atoms with Crippen LogP contribution in [0.15, 0.2) is 0 Å². The molecule has 0 aliphatic heterocycles. The minimum absolute atomic E-state index is 0.599. The van der Waals surface area contributed by atoms with Crippen molar-refractivity contribution in [3.8, 4) is 0 Å². The van der Waals surface area contributed by atoms with Gasteiger partial charge >= 0.3 is 0 Å². The van der Waals surface area contributed by atoms with Gasteiger partial charge in [0.05, 0.1) is 6.61 Å². The molecule has 11 heavy (non-hydrogen) atoms. The number of nitrogens with zero attached hydrogens (tertiary/aromatic N) is 1. The van der Waals surface area contributed by atoms with Crippen molar-refractivity contribution in [2.24, 2.45) is 5.92 Å². The molecule has 0 heterocycles. The number of rotatable bonds is 6. The highest BCUT2D eigenvalue weighted by molar-refractivity contribution is 4.43. The fraction of sp³-hybridized carbons (Fsp3) is 1.00. The third-order valence-electron chi connectivity index (χ3n) is 1.18. The van der Waals surface area contributed by atoms with Crippen LogP contribution in [0.4, 0.5) is 0 Å². The first-order valence-corrected chi connectivity index (χ1v) is 4.12. The van der Waals surface area contributed by atoms with Crippen LogP contribution in [0.25, 0.3) is 0 Å². The largest absolute Gasteiger partial charge is 0.308 e. The van der Waals surface area contributed by atoms with Gasteiger partial charge in [0.1, 0.15) is 0 Å². The van der Waals surface area contributed by atoms with E-state index in [0.29, 0.717) is 5.92 Å². The van der Waals surface area contributed by atoms with Crippen LogP contribution in [-0.4, -0.2) is 38.7 Å². The predicted octanol–water partition coefficient (Wildman–Crippen LogP) is 0.725. The van der Waals surface area contributed by atoms with Gasteiger partial charge in [0.15, 0.2) is 0 Å². The summed E-state index contributed by atoms with van der Waals surface area (Å²) >= 11 is 0. The second-order valence-corrected chi connectivity index (χ2v) is 3.40. The van der Waals surface area contributed by atoms with Crippen molar-refractivity contribution in [1.29, 1.82) is 0 Å². The molecule has 0 aliphatic carbocycles. The number of hydroxylamine groups is 1. The van der Waals surface area contributed by atoms with Gasteiger partial charge in [-0.05, 0) is 20.0 Å². The van der Waals surface area contributed by atoms with Gasteiger partial charge in [-0.1, -0.05) is 13.8 Å². The van der Waals surface area contributed by atoms with Crippen molar-refractivity contribution >= 4 is 0 Å². The smallest absolute Gasteiger partial charge is 0.0705 e. The predicted molar refractivity (Wildman–Crippen MR) is 47.3 cm³/mol. The minimum atomic E-state index is 0.599. The Kier molecular flexibility index (Phi) is 6.51. The van der Waals surface area contributed by atoms with Crippen LogP contribution in [0.2, 0.25) is 0 Å². The maximum Gasteiger partial charge on any atom is 0.0705 e. The summed E-state index contributed by atoms with van der Waals surface area (Å²) in [6, 6.07) is 0. The summed E-state index contributed by atoms with van der Waals surface area (Å²) in [4.78, 5) is 7.29. The first-order valence-electron chi connectivity index (χ1n) is 4.12. The molecular formula is C8H20N2O. The van der Waals surface area contributed by atoms with E-state index < -0.39 is 0 Å². The number of likely N-dealkylation sites (N-methyl/N-ethyl adjacent to an activating group) is 1. The topological polar surface area (TPSA) is 24.5 Å². The van der Waals surface area contributed by atoms with E-state index in [1.54, 1.807) is 0 Å². The Morgan fingerprint density at radius 1 is 1.36 bits per heavy atom. The summed E-state index contributed by atoms with van der Waals surface area (Å²) in [5.74, 6) is 0.599. The molecule has 1 N–H and O–H groups in total. The van der Waals surface area contributed by atoms with Crippen LogP contribution in [0.5, 0.6) is 0 Å². The molecule has 3 heteroatoms. The van der Waals surface area contributed by atoms with E-state index in [9.17, 15) is 0 Å². The second kappa shape index (κ2) is 6.58. The van der Waals surface area contributed by atoms with E-state index in [1.807, 2.05) is 14.1 Å². The molecule has 68 valence electrons. The number of nitrogens with one attached hydrogen (secondary N) is 1. The molecule has 0 unspecified atom stereocenters. The summed E-state index contributed by atoms with van der Waals surface area (Å²) < 4.78 is 0. The first kappa shape index (κ1) is 10.9. The van der Waals surface area contributed by atoms with E-state index in [0.717, 1.165) is 19.7 Å². The molecule has 0 saturated carbocycles. The molecule has 3 nitrogen and oxygen atoms in total. The molecule has 0 amide bonds. The standard InChI is InChI=1S/C8H20N2O/c1-8(2)7-11-9-5-6-10(3)4/h8-9H,5-7H2,1-4H3. The Labute approximate surface area is 69.7 Å². The average molecular weight is 160 g/mol. The Balaban J connectivity index is 2.91. The first-order chi connectivity index (χ1) is 5.13.